The fourth-order valence-corrected chi connectivity index (χ4v) is 3.61. The van der Waals surface area contributed by atoms with Gasteiger partial charge in [-0.05, 0) is 30.2 Å². The minimum Gasteiger partial charge on any atom is -0.342 e. The van der Waals surface area contributed by atoms with Gasteiger partial charge in [0.15, 0.2) is 0 Å². The Morgan fingerprint density at radius 3 is 2.71 bits per heavy atom. The van der Waals surface area contributed by atoms with Gasteiger partial charge in [0.05, 0.1) is 29.5 Å². The molecule has 1 N–H and O–H groups in total. The first-order valence-corrected chi connectivity index (χ1v) is 8.21. The van der Waals surface area contributed by atoms with E-state index < -0.39 is 0 Å². The minimum atomic E-state index is -0.0610. The van der Waals surface area contributed by atoms with Crippen LogP contribution in [0.25, 0.3) is 0 Å². The summed E-state index contributed by atoms with van der Waals surface area (Å²) in [6.45, 7) is 0.752. The van der Waals surface area contributed by atoms with Crippen molar-refractivity contribution in [1.82, 2.24) is 10.2 Å². The van der Waals surface area contributed by atoms with Crippen molar-refractivity contribution < 1.29 is 4.79 Å². The second kappa shape index (κ2) is 5.03. The fraction of sp³-hybridized carbons (Fsp3) is 0.211. The number of aliphatic imine (C=N–C) groups is 2. The third-order valence-electron chi connectivity index (χ3n) is 4.81. The van der Waals surface area contributed by atoms with Crippen molar-refractivity contribution in [2.75, 3.05) is 0 Å². The summed E-state index contributed by atoms with van der Waals surface area (Å²) >= 11 is 0. The van der Waals surface area contributed by atoms with Gasteiger partial charge in [-0.3, -0.25) is 4.79 Å². The van der Waals surface area contributed by atoms with Crippen LogP contribution in [0.1, 0.15) is 28.8 Å². The molecule has 0 aliphatic carbocycles. The summed E-state index contributed by atoms with van der Waals surface area (Å²) in [5.41, 5.74) is 3.59. The molecular formula is C19H16N4O. The number of benzene rings is 2. The molecule has 5 nitrogen and oxygen atoms in total. The zero-order chi connectivity index (χ0) is 16.1. The number of carbonyl (C=O) groups excluding carboxylic acids is 1. The highest BCUT2D eigenvalue weighted by Gasteiger charge is 2.36. The van der Waals surface area contributed by atoms with Gasteiger partial charge >= 0.3 is 0 Å². The van der Waals surface area contributed by atoms with E-state index in [9.17, 15) is 4.79 Å². The van der Waals surface area contributed by atoms with Crippen LogP contribution in [-0.2, 0) is 6.54 Å². The molecule has 3 aliphatic rings. The summed E-state index contributed by atoms with van der Waals surface area (Å²) < 4.78 is 0. The third kappa shape index (κ3) is 1.98. The lowest BCUT2D eigenvalue weighted by molar-refractivity contribution is 0.0945. The number of fused-ring (bicyclic) bond motifs is 5. The van der Waals surface area contributed by atoms with Gasteiger partial charge in [0.25, 0.3) is 5.91 Å². The highest BCUT2D eigenvalue weighted by Crippen LogP contribution is 2.33. The van der Waals surface area contributed by atoms with E-state index >= 15 is 0 Å². The molecular weight excluding hydrogens is 300 g/mol. The Bertz CT molecular complexity index is 915. The molecule has 1 amide bonds. The van der Waals surface area contributed by atoms with E-state index in [1.807, 2.05) is 36.4 Å². The van der Waals surface area contributed by atoms with Crippen molar-refractivity contribution >= 4 is 29.0 Å². The van der Waals surface area contributed by atoms with Crippen molar-refractivity contribution in [3.63, 3.8) is 0 Å². The lowest BCUT2D eigenvalue weighted by atomic mass is 9.99. The number of piperidine rings is 1. The van der Waals surface area contributed by atoms with E-state index in [0.717, 1.165) is 42.4 Å². The Kier molecular flexibility index (Phi) is 2.82. The Balaban J connectivity index is 1.63. The summed E-state index contributed by atoms with van der Waals surface area (Å²) in [5, 5.41) is 3.13. The quantitative estimate of drug-likeness (QED) is 0.811. The van der Waals surface area contributed by atoms with Gasteiger partial charge in [-0.15, -0.1) is 0 Å². The SMILES string of the molecule is O=C1NC2CCC3=Nc4ccccc4CN3C2=Nc2ccccc21. The van der Waals surface area contributed by atoms with Crippen LogP contribution >= 0.6 is 0 Å². The fourth-order valence-electron chi connectivity index (χ4n) is 3.61. The van der Waals surface area contributed by atoms with E-state index in [1.165, 1.54) is 5.56 Å². The molecule has 0 radical (unpaired) electrons. The molecule has 1 atom stereocenters. The lowest BCUT2D eigenvalue weighted by Gasteiger charge is -2.38. The maximum Gasteiger partial charge on any atom is 0.254 e. The molecule has 0 spiro atoms. The molecule has 5 heteroatoms. The second-order valence-corrected chi connectivity index (χ2v) is 6.29. The van der Waals surface area contributed by atoms with Crippen molar-refractivity contribution in [3.05, 3.63) is 59.7 Å². The van der Waals surface area contributed by atoms with Crippen molar-refractivity contribution in [3.8, 4) is 0 Å². The van der Waals surface area contributed by atoms with Crippen LogP contribution in [0.5, 0.6) is 0 Å². The average Bonchev–Trinajstić information content (AvgIpc) is 2.76. The third-order valence-corrected chi connectivity index (χ3v) is 4.81. The summed E-state index contributed by atoms with van der Waals surface area (Å²) in [7, 11) is 0. The molecule has 2 aromatic carbocycles. The van der Waals surface area contributed by atoms with Crippen LogP contribution in [0.15, 0.2) is 58.5 Å². The van der Waals surface area contributed by atoms with Gasteiger partial charge < -0.3 is 10.2 Å². The van der Waals surface area contributed by atoms with Gasteiger partial charge in [0.1, 0.15) is 11.7 Å². The maximum atomic E-state index is 12.5. The molecule has 1 fully saturated rings. The van der Waals surface area contributed by atoms with Gasteiger partial charge in [0, 0.05) is 6.42 Å². The average molecular weight is 316 g/mol. The van der Waals surface area contributed by atoms with E-state index in [4.69, 9.17) is 9.98 Å². The number of nitrogens with one attached hydrogen (secondary N) is 1. The van der Waals surface area contributed by atoms with Crippen LogP contribution in [0.3, 0.4) is 0 Å². The summed E-state index contributed by atoms with van der Waals surface area (Å²) in [6.07, 6.45) is 1.67. The number of rotatable bonds is 0. The first-order valence-electron chi connectivity index (χ1n) is 8.21. The number of amides is 1. The van der Waals surface area contributed by atoms with Crippen LogP contribution in [0, 0.1) is 0 Å². The Hall–Kier alpha value is -2.95. The van der Waals surface area contributed by atoms with Crippen molar-refractivity contribution in [2.45, 2.75) is 25.4 Å². The largest absolute Gasteiger partial charge is 0.342 e. The monoisotopic (exact) mass is 316 g/mol. The molecule has 0 saturated carbocycles. The predicted octanol–water partition coefficient (Wildman–Crippen LogP) is 3.17. The molecule has 0 bridgehead atoms. The molecule has 3 heterocycles. The van der Waals surface area contributed by atoms with Gasteiger partial charge in [-0.1, -0.05) is 30.3 Å². The highest BCUT2D eigenvalue weighted by atomic mass is 16.1. The van der Waals surface area contributed by atoms with E-state index in [2.05, 4.69) is 22.3 Å². The normalized spacial score (nSPS) is 21.2. The first kappa shape index (κ1) is 13.5. The molecule has 0 aromatic heterocycles. The Labute approximate surface area is 139 Å². The van der Waals surface area contributed by atoms with Crippen molar-refractivity contribution in [2.24, 2.45) is 9.98 Å². The summed E-state index contributed by atoms with van der Waals surface area (Å²) in [5.74, 6) is 1.89. The smallest absolute Gasteiger partial charge is 0.254 e. The zero-order valence-corrected chi connectivity index (χ0v) is 13.1. The Morgan fingerprint density at radius 2 is 1.79 bits per heavy atom. The standard InChI is InChI=1S/C19H16N4O/c24-19-13-6-2-4-8-15(13)21-18-16(22-19)9-10-17-20-14-7-3-1-5-12(14)11-23(17)18/h1-8,16H,9-11H2,(H,22,24). The van der Waals surface area contributed by atoms with E-state index in [-0.39, 0.29) is 11.9 Å². The maximum absolute atomic E-state index is 12.5. The molecule has 5 rings (SSSR count). The molecule has 2 aromatic rings. The Morgan fingerprint density at radius 1 is 1.00 bits per heavy atom. The van der Waals surface area contributed by atoms with E-state index in [0.29, 0.717) is 5.56 Å². The van der Waals surface area contributed by atoms with E-state index in [1.54, 1.807) is 0 Å². The zero-order valence-electron chi connectivity index (χ0n) is 13.1. The topological polar surface area (TPSA) is 57.1 Å². The number of amidine groups is 2. The summed E-state index contributed by atoms with van der Waals surface area (Å²) in [6, 6.07) is 15.7. The van der Waals surface area contributed by atoms with Gasteiger partial charge in [-0.2, -0.15) is 0 Å². The first-order chi connectivity index (χ1) is 11.8. The van der Waals surface area contributed by atoms with Crippen LogP contribution in [0.2, 0.25) is 0 Å². The second-order valence-electron chi connectivity index (χ2n) is 6.29. The van der Waals surface area contributed by atoms with Gasteiger partial charge in [-0.25, -0.2) is 9.98 Å². The predicted molar refractivity (Wildman–Crippen MR) is 93.1 cm³/mol. The molecule has 1 unspecified atom stereocenters. The van der Waals surface area contributed by atoms with Gasteiger partial charge in [0.2, 0.25) is 0 Å². The summed E-state index contributed by atoms with van der Waals surface area (Å²) in [4.78, 5) is 24.3. The molecule has 3 aliphatic heterocycles. The molecule has 118 valence electrons. The lowest BCUT2D eigenvalue weighted by Crippen LogP contribution is -2.54. The molecule has 24 heavy (non-hydrogen) atoms. The number of hydrogen-bond donors (Lipinski definition) is 1. The molecule has 1 saturated heterocycles. The van der Waals surface area contributed by atoms with Crippen LogP contribution < -0.4 is 5.32 Å². The number of nitrogens with zero attached hydrogens (tertiary/aromatic N) is 3. The number of carbonyl (C=O) groups is 1. The minimum absolute atomic E-state index is 0.0489. The highest BCUT2D eigenvalue weighted by molar-refractivity contribution is 6.12. The van der Waals surface area contributed by atoms with Crippen LogP contribution in [-0.4, -0.2) is 28.5 Å². The van der Waals surface area contributed by atoms with Crippen LogP contribution in [0.4, 0.5) is 11.4 Å². The number of hydrogen-bond acceptors (Lipinski definition) is 4. The number of para-hydroxylation sites is 2. The van der Waals surface area contributed by atoms with Crippen molar-refractivity contribution in [1.29, 1.82) is 0 Å².